The molecule has 0 aromatic heterocycles. The Labute approximate surface area is 140 Å². The minimum atomic E-state index is -6.09. The van der Waals surface area contributed by atoms with Crippen molar-refractivity contribution in [3.05, 3.63) is 60.7 Å². The molecule has 0 amide bonds. The molecule has 2 rings (SSSR count). The van der Waals surface area contributed by atoms with E-state index in [-0.39, 0.29) is 38.6 Å². The first-order valence-corrected chi connectivity index (χ1v) is 6.01. The summed E-state index contributed by atoms with van der Waals surface area (Å²) in [6, 6.07) is 20.0. The number of hydrogen-bond acceptors (Lipinski definition) is 3. The van der Waals surface area contributed by atoms with Crippen LogP contribution in [0.4, 0.5) is 13.2 Å². The van der Waals surface area contributed by atoms with E-state index in [0.717, 1.165) is 0 Å². The predicted molar refractivity (Wildman–Crippen MR) is 59.8 cm³/mol. The molecule has 0 fully saturated rings. The summed E-state index contributed by atoms with van der Waals surface area (Å²) < 4.78 is 58.9. The third-order valence-corrected chi connectivity index (χ3v) is 1.96. The van der Waals surface area contributed by atoms with Crippen LogP contribution in [0.1, 0.15) is 0 Å². The van der Waals surface area contributed by atoms with Gasteiger partial charge >= 0.3 is 31.7 Å². The Bertz CT molecular complexity index is 421. The van der Waals surface area contributed by atoms with E-state index in [4.69, 9.17) is 13.0 Å². The van der Waals surface area contributed by atoms with Crippen LogP contribution in [0.2, 0.25) is 0 Å². The Hall–Kier alpha value is -0.427. The summed E-state index contributed by atoms with van der Waals surface area (Å²) in [7, 11) is -6.09. The Kier molecular flexibility index (Phi) is 15.1. The third kappa shape index (κ3) is 14.0. The summed E-state index contributed by atoms with van der Waals surface area (Å²) in [4.78, 5) is 0. The molecule has 0 spiro atoms. The van der Waals surface area contributed by atoms with Crippen LogP contribution in [0, 0.1) is 0 Å². The molecule has 0 heterocycles. The zero-order valence-electron chi connectivity index (χ0n) is 9.92. The predicted octanol–water partition coefficient (Wildman–Crippen LogP) is -0.136. The number of alkyl halides is 3. The quantitative estimate of drug-likeness (QED) is 0.348. The number of halogens is 4. The molecule has 0 aliphatic carbocycles. The minimum Gasteiger partial charge on any atom is -1.00 e. The zero-order valence-corrected chi connectivity index (χ0v) is 13.9. The average Bonchev–Trinajstić information content (AvgIpc) is 2.95. The molecule has 0 N–H and O–H groups in total. The maximum Gasteiger partial charge on any atom is 4.00 e. The maximum absolute atomic E-state index is 10.7. The van der Waals surface area contributed by atoms with Gasteiger partial charge in [0.15, 0.2) is 10.1 Å². The van der Waals surface area contributed by atoms with E-state index >= 15 is 0 Å². The van der Waals surface area contributed by atoms with Gasteiger partial charge in [0.05, 0.1) is 0 Å². The second kappa shape index (κ2) is 12.3. The van der Waals surface area contributed by atoms with Crippen LogP contribution in [0.3, 0.4) is 0 Å². The number of hydrogen-bond donors (Lipinski definition) is 0. The van der Waals surface area contributed by atoms with Gasteiger partial charge < -0.3 is 17.0 Å². The fraction of sp³-hybridized carbons (Fsp3) is 0.0909. The van der Waals surface area contributed by atoms with E-state index in [1.807, 2.05) is 60.7 Å². The molecule has 0 radical (unpaired) electrons. The second-order valence-electron chi connectivity index (χ2n) is 2.82. The summed E-state index contributed by atoms with van der Waals surface area (Å²) in [6.07, 6.45) is 0. The van der Waals surface area contributed by atoms with E-state index < -0.39 is 15.6 Å². The van der Waals surface area contributed by atoms with Crippen LogP contribution >= 0.6 is 0 Å². The van der Waals surface area contributed by atoms with Crippen molar-refractivity contribution in [1.29, 1.82) is 0 Å². The molecular weight excluding hydrogens is 396 g/mol. The first kappa shape index (κ1) is 24.6. The summed E-state index contributed by atoms with van der Waals surface area (Å²) in [5, 5.41) is 0. The van der Waals surface area contributed by atoms with Crippen molar-refractivity contribution in [3.63, 3.8) is 0 Å². The molecule has 0 aliphatic rings. The molecule has 0 saturated carbocycles. The van der Waals surface area contributed by atoms with Crippen molar-refractivity contribution in [3.8, 4) is 0 Å². The molecule has 0 aliphatic heterocycles. The van der Waals surface area contributed by atoms with Crippen LogP contribution in [0.25, 0.3) is 0 Å². The largest absolute Gasteiger partial charge is 4.00 e. The molecule has 110 valence electrons. The fourth-order valence-electron chi connectivity index (χ4n) is 0.642. The Morgan fingerprint density at radius 2 is 1.05 bits per heavy atom. The molecule has 2 aromatic carbocycles. The molecule has 9 heteroatoms. The third-order valence-electron chi connectivity index (χ3n) is 1.39. The Balaban J connectivity index is -0.000000212. The van der Waals surface area contributed by atoms with Gasteiger partial charge in [-0.3, -0.25) is 0 Å². The monoisotopic (exact) mass is 404 g/mol. The summed E-state index contributed by atoms with van der Waals surface area (Å²) in [5.41, 5.74) is -5.65. The van der Waals surface area contributed by atoms with Crippen LogP contribution in [-0.4, -0.2) is 18.5 Å². The van der Waals surface area contributed by atoms with E-state index in [2.05, 4.69) is 0 Å². The molecule has 3 nitrogen and oxygen atoms in total. The summed E-state index contributed by atoms with van der Waals surface area (Å²) in [5.74, 6) is 0. The SMILES string of the molecule is O=S(=O)([O-])C(F)(F)F.[Cl-].[Zr+4].c1cc[cH-]c1.c1cc[cH-]c1. The van der Waals surface area contributed by atoms with Crippen molar-refractivity contribution in [2.75, 3.05) is 0 Å². The number of rotatable bonds is 0. The topological polar surface area (TPSA) is 57.2 Å². The van der Waals surface area contributed by atoms with Gasteiger partial charge in [-0.1, -0.05) is 0 Å². The molecule has 2 aromatic rings. The summed E-state index contributed by atoms with van der Waals surface area (Å²) >= 11 is 0. The van der Waals surface area contributed by atoms with Crippen LogP contribution < -0.4 is 12.4 Å². The van der Waals surface area contributed by atoms with Gasteiger partial charge in [0.2, 0.25) is 0 Å². The molecular formula is C11H10ClF3O3SZr. The molecule has 0 saturated heterocycles. The van der Waals surface area contributed by atoms with E-state index in [1.54, 1.807) is 0 Å². The van der Waals surface area contributed by atoms with Gasteiger partial charge in [-0.2, -0.15) is 49.6 Å². The minimum absolute atomic E-state index is 0. The van der Waals surface area contributed by atoms with Gasteiger partial charge in [-0.15, -0.1) is 0 Å². The maximum atomic E-state index is 10.7. The van der Waals surface area contributed by atoms with Crippen molar-refractivity contribution in [2.45, 2.75) is 5.51 Å². The van der Waals surface area contributed by atoms with Crippen molar-refractivity contribution in [1.82, 2.24) is 0 Å². The Morgan fingerprint density at radius 1 is 0.850 bits per heavy atom. The van der Waals surface area contributed by atoms with Crippen LogP contribution in [0.15, 0.2) is 60.7 Å². The summed E-state index contributed by atoms with van der Waals surface area (Å²) in [6.45, 7) is 0. The van der Waals surface area contributed by atoms with Crippen molar-refractivity contribution in [2.24, 2.45) is 0 Å². The van der Waals surface area contributed by atoms with Crippen LogP contribution in [0.5, 0.6) is 0 Å². The van der Waals surface area contributed by atoms with E-state index in [9.17, 15) is 13.2 Å². The van der Waals surface area contributed by atoms with Crippen molar-refractivity contribution < 1.29 is 64.8 Å². The first-order chi connectivity index (χ1) is 8.25. The van der Waals surface area contributed by atoms with Gasteiger partial charge in [0, 0.05) is 0 Å². The first-order valence-electron chi connectivity index (χ1n) is 4.60. The van der Waals surface area contributed by atoms with E-state index in [0.29, 0.717) is 0 Å². The van der Waals surface area contributed by atoms with Crippen molar-refractivity contribution >= 4 is 10.1 Å². The second-order valence-corrected chi connectivity index (χ2v) is 4.20. The zero-order chi connectivity index (χ0) is 14.1. The van der Waals surface area contributed by atoms with Gasteiger partial charge in [-0.05, 0) is 0 Å². The average molecular weight is 406 g/mol. The fourth-order valence-corrected chi connectivity index (χ4v) is 0.642. The molecule has 0 atom stereocenters. The molecule has 20 heavy (non-hydrogen) atoms. The normalized spacial score (nSPS) is 9.60. The molecule has 0 bridgehead atoms. The van der Waals surface area contributed by atoms with Gasteiger partial charge in [-0.25, -0.2) is 32.7 Å². The Morgan fingerprint density at radius 3 is 1.10 bits per heavy atom. The smallest absolute Gasteiger partial charge is 1.00 e. The standard InChI is InChI=1S/2C5H5.CHF3O3S.ClH.Zr/c2*1-2-4-5-3-1;2-1(3,4)8(5,6)7;;/h2*1-5H;(H,5,6,7);1H;/q2*-1;;;+4/p-2. The van der Waals surface area contributed by atoms with E-state index in [1.165, 1.54) is 0 Å². The van der Waals surface area contributed by atoms with Gasteiger partial charge in [0.25, 0.3) is 0 Å². The van der Waals surface area contributed by atoms with Gasteiger partial charge in [0.1, 0.15) is 0 Å². The molecule has 0 unspecified atom stereocenters. The van der Waals surface area contributed by atoms with Crippen LogP contribution in [-0.2, 0) is 36.3 Å².